The summed E-state index contributed by atoms with van der Waals surface area (Å²) in [7, 11) is 0. The Kier molecular flexibility index (Phi) is 41.0. The van der Waals surface area contributed by atoms with E-state index >= 15 is 0 Å². The third-order valence-electron chi connectivity index (χ3n) is 29.2. The largest absolute Gasteiger partial charge is 0.446 e. The Hall–Kier alpha value is -5.09. The van der Waals surface area contributed by atoms with Crippen LogP contribution < -0.4 is 21.3 Å². The van der Waals surface area contributed by atoms with E-state index in [0.29, 0.717) is 130 Å². The van der Waals surface area contributed by atoms with Crippen LogP contribution in [0.15, 0.2) is 35.5 Å². The zero-order chi connectivity index (χ0) is 84.3. The standard InChI is InChI=1S/C93H156N6O19/c1-67(2)13-11-15-69(5)77-21-23-79-75-19-17-71-65-73(27-34-90(71,7)81(75)29-36-92(77,79)9)117-88(105)96-40-49-109-47-38-94-83(100)32-45-107-53-57-113-61-63-115-59-55-111-51-43-98(85(102)31-42-99-86(103)25-26-87(99)104)44-52-112-56-60-116-64-62-114-58-54-108-46-33-84(101)95-39-48-110-50-41-97-89(106)118-74-28-35-91(8)72(66-74)18-20-76-80-24-22-78(70(6)16-12-14-68(3)4)93(80,10)37-30-82(76)91/h17-18,25-26,67-70,73-82H,11-16,19-24,27-66H2,1-10H3,(H,94,100)(H,95,101)(H,96,105)(H,97,106)/t69-,70-,73+,74+,75+,76+,77-,78-,79+,80+,81+,82+,90+,91+,92-,93-/m0/s1. The van der Waals surface area contributed by atoms with Crippen molar-refractivity contribution in [2.24, 2.45) is 92.7 Å². The van der Waals surface area contributed by atoms with Crippen LogP contribution in [-0.4, -0.2) is 242 Å². The molecule has 6 saturated carbocycles. The molecule has 8 aliphatic carbocycles. The van der Waals surface area contributed by atoms with E-state index in [4.69, 9.17) is 56.8 Å². The molecule has 118 heavy (non-hydrogen) atoms. The Bertz CT molecular complexity index is 2980. The summed E-state index contributed by atoms with van der Waals surface area (Å²) in [6, 6.07) is 0. The van der Waals surface area contributed by atoms with E-state index in [9.17, 15) is 33.6 Å². The number of rotatable bonds is 57. The number of ether oxygens (including phenoxy) is 12. The lowest BCUT2D eigenvalue weighted by molar-refractivity contribution is -0.138. The van der Waals surface area contributed by atoms with Crippen molar-refractivity contribution in [1.82, 2.24) is 31.1 Å². The molecule has 0 aromatic rings. The lowest BCUT2D eigenvalue weighted by Gasteiger charge is -2.58. The molecule has 7 amide bonds. The van der Waals surface area contributed by atoms with Crippen molar-refractivity contribution < 1.29 is 90.4 Å². The van der Waals surface area contributed by atoms with Crippen LogP contribution in [0.1, 0.15) is 230 Å². The molecule has 4 N–H and O–H groups in total. The molecule has 0 spiro atoms. The summed E-state index contributed by atoms with van der Waals surface area (Å²) >= 11 is 0. The molecule has 0 saturated heterocycles. The molecule has 16 atom stereocenters. The minimum atomic E-state index is -0.447. The fourth-order valence-corrected chi connectivity index (χ4v) is 22.8. The van der Waals surface area contributed by atoms with E-state index < -0.39 is 24.0 Å². The van der Waals surface area contributed by atoms with E-state index in [1.165, 1.54) is 126 Å². The number of alkyl carbamates (subject to hydrolysis) is 2. The Labute approximate surface area is 707 Å². The van der Waals surface area contributed by atoms with E-state index in [1.807, 2.05) is 0 Å². The number of allylic oxidation sites excluding steroid dienone is 2. The highest BCUT2D eigenvalue weighted by Gasteiger charge is 2.61. The lowest BCUT2D eigenvalue weighted by Crippen LogP contribution is -2.51. The Morgan fingerprint density at radius 3 is 1.15 bits per heavy atom. The first-order valence-electron chi connectivity index (χ1n) is 46.3. The van der Waals surface area contributed by atoms with Gasteiger partial charge in [-0.05, 0) is 183 Å². The fraction of sp³-hybridized carbons (Fsp3) is 0.860. The summed E-state index contributed by atoms with van der Waals surface area (Å²) in [5, 5.41) is 11.4. The fourth-order valence-electron chi connectivity index (χ4n) is 22.8. The lowest BCUT2D eigenvalue weighted by atomic mass is 9.47. The first-order valence-corrected chi connectivity index (χ1v) is 46.3. The average Bonchev–Trinajstić information content (AvgIpc) is 1.44. The normalized spacial score (nSPS) is 28.7. The first kappa shape index (κ1) is 96.7. The number of hydrogen-bond acceptors (Lipinski definition) is 19. The van der Waals surface area contributed by atoms with Gasteiger partial charge in [0.2, 0.25) is 17.7 Å². The van der Waals surface area contributed by atoms with Crippen LogP contribution in [0, 0.1) is 92.7 Å². The SMILES string of the molecule is CC(C)CCC[C@H](C)[C@@H]1CC[C@@H]2[C@H]3CC=C4C[C@H](OC(=O)NCCOCCNC(=O)CCOCCOCCOCCOCCN(CCOCCOCCOCCOCCC(=O)NCCOCCNC(=O)O[C@@H]5CC[C@]6(C)C(=CC[C@@H]7[C@H]8CC[C@@H]([C@@H](C)CCCC(C)C)[C@]8(C)CC[C@H]76)C5)C(=O)CCN5C(=O)C=CC5=O)CC[C@@]4(C)[C@@H]3CC[C@]21C. The quantitative estimate of drug-likeness (QED) is 0.0250. The van der Waals surface area contributed by atoms with Crippen LogP contribution >= 0.6 is 0 Å². The van der Waals surface area contributed by atoms with Gasteiger partial charge in [0.25, 0.3) is 11.8 Å². The number of hydrogen-bond donors (Lipinski definition) is 4. The van der Waals surface area contributed by atoms with Gasteiger partial charge in [-0.1, -0.05) is 131 Å². The Morgan fingerprint density at radius 1 is 0.415 bits per heavy atom. The smallest absolute Gasteiger partial charge is 0.407 e. The third-order valence-corrected chi connectivity index (χ3v) is 29.2. The molecular formula is C93H156N6O19. The number of nitrogens with one attached hydrogen (secondary N) is 4. The summed E-state index contributed by atoms with van der Waals surface area (Å²) in [5.41, 5.74) is 4.38. The van der Waals surface area contributed by atoms with Crippen molar-refractivity contribution >= 4 is 41.7 Å². The third kappa shape index (κ3) is 29.0. The van der Waals surface area contributed by atoms with Crippen molar-refractivity contribution in [3.8, 4) is 0 Å². The minimum Gasteiger partial charge on any atom is -0.446 e. The van der Waals surface area contributed by atoms with Gasteiger partial charge < -0.3 is 83.0 Å². The Morgan fingerprint density at radius 2 is 0.771 bits per heavy atom. The predicted octanol–water partition coefficient (Wildman–Crippen LogP) is 13.6. The highest BCUT2D eigenvalue weighted by Crippen LogP contribution is 2.69. The molecular weight excluding hydrogens is 1510 g/mol. The number of amides is 7. The molecule has 25 heteroatoms. The molecule has 1 heterocycles. The van der Waals surface area contributed by atoms with Gasteiger partial charge in [0.15, 0.2) is 0 Å². The highest BCUT2D eigenvalue weighted by atomic mass is 16.6. The Balaban J connectivity index is 0.500. The predicted molar refractivity (Wildman–Crippen MR) is 453 cm³/mol. The van der Waals surface area contributed by atoms with Crippen LogP contribution in [0.25, 0.3) is 0 Å². The van der Waals surface area contributed by atoms with Crippen molar-refractivity contribution in [3.05, 3.63) is 35.5 Å². The van der Waals surface area contributed by atoms with E-state index in [-0.39, 0.29) is 119 Å². The summed E-state index contributed by atoms with van der Waals surface area (Å²) in [5.74, 6) is 8.13. The molecule has 25 nitrogen and oxygen atoms in total. The second-order valence-corrected chi connectivity index (χ2v) is 37.6. The zero-order valence-electron chi connectivity index (χ0n) is 74.3. The maximum atomic E-state index is 13.3. The van der Waals surface area contributed by atoms with Crippen LogP contribution in [-0.2, 0) is 80.8 Å². The number of carbonyl (C=O) groups excluding carboxylic acids is 7. The summed E-state index contributed by atoms with van der Waals surface area (Å²) < 4.78 is 68.4. The van der Waals surface area contributed by atoms with Gasteiger partial charge in [-0.15, -0.1) is 0 Å². The number of imide groups is 1. The zero-order valence-corrected chi connectivity index (χ0v) is 74.3. The maximum Gasteiger partial charge on any atom is 0.407 e. The molecule has 0 aromatic carbocycles. The van der Waals surface area contributed by atoms with Crippen LogP contribution in [0.4, 0.5) is 9.59 Å². The molecule has 0 unspecified atom stereocenters. The molecule has 1 aliphatic heterocycles. The van der Waals surface area contributed by atoms with Gasteiger partial charge in [0.1, 0.15) is 12.2 Å². The van der Waals surface area contributed by atoms with Gasteiger partial charge in [-0.25, -0.2) is 9.59 Å². The number of nitrogens with zero attached hydrogens (tertiary/aromatic N) is 2. The second-order valence-electron chi connectivity index (χ2n) is 37.6. The molecule has 6 fully saturated rings. The number of carbonyl (C=O) groups is 7. The van der Waals surface area contributed by atoms with E-state index in [1.54, 1.807) is 4.90 Å². The molecule has 672 valence electrons. The molecule has 0 bridgehead atoms. The molecule has 0 radical (unpaired) electrons. The van der Waals surface area contributed by atoms with Crippen molar-refractivity contribution in [1.29, 1.82) is 0 Å². The van der Waals surface area contributed by atoms with Gasteiger partial charge in [-0.3, -0.25) is 28.9 Å². The maximum absolute atomic E-state index is 13.3. The summed E-state index contributed by atoms with van der Waals surface area (Å²) in [4.78, 5) is 90.6. The van der Waals surface area contributed by atoms with Crippen LogP contribution in [0.3, 0.4) is 0 Å². The van der Waals surface area contributed by atoms with Gasteiger partial charge >= 0.3 is 12.2 Å². The first-order chi connectivity index (χ1) is 56.9. The molecule has 9 rings (SSSR count). The van der Waals surface area contributed by atoms with Crippen molar-refractivity contribution in [2.75, 3.05) is 178 Å². The minimum absolute atomic E-state index is 0.0319. The second kappa shape index (κ2) is 50.0. The van der Waals surface area contributed by atoms with Crippen molar-refractivity contribution in [2.45, 2.75) is 242 Å². The van der Waals surface area contributed by atoms with E-state index in [0.717, 1.165) is 114 Å². The summed E-state index contributed by atoms with van der Waals surface area (Å²) in [6.07, 6.45) is 33.9. The van der Waals surface area contributed by atoms with E-state index in [2.05, 4.69) is 103 Å². The molecule has 0 aromatic heterocycles. The van der Waals surface area contributed by atoms with Gasteiger partial charge in [0, 0.05) is 90.1 Å². The highest BCUT2D eigenvalue weighted by molar-refractivity contribution is 6.13. The topological polar surface area (TPSA) is 285 Å². The van der Waals surface area contributed by atoms with Gasteiger partial charge in [0.05, 0.1) is 132 Å². The summed E-state index contributed by atoms with van der Waals surface area (Å²) in [6.45, 7) is 32.8. The van der Waals surface area contributed by atoms with Crippen molar-refractivity contribution in [3.63, 3.8) is 0 Å². The monoisotopic (exact) mass is 1660 g/mol. The average molecular weight is 1660 g/mol. The van der Waals surface area contributed by atoms with Crippen LogP contribution in [0.2, 0.25) is 0 Å². The number of fused-ring (bicyclic) bond motifs is 10. The van der Waals surface area contributed by atoms with Gasteiger partial charge in [-0.2, -0.15) is 0 Å². The van der Waals surface area contributed by atoms with Crippen LogP contribution in [0.5, 0.6) is 0 Å². The molecule has 9 aliphatic rings.